The standard InChI is InChI=1S/C11H9BrN2O2S/c1-16-8-4-6-17-9(8)11(15)14-10-7(12)3-2-5-13-10/h2-6H,1H3,(H,13,14,15). The Morgan fingerprint density at radius 2 is 2.35 bits per heavy atom. The van der Waals surface area contributed by atoms with E-state index in [2.05, 4.69) is 26.2 Å². The van der Waals surface area contributed by atoms with Crippen LogP contribution in [0.1, 0.15) is 9.67 Å². The van der Waals surface area contributed by atoms with E-state index in [-0.39, 0.29) is 5.91 Å². The van der Waals surface area contributed by atoms with Gasteiger partial charge in [0, 0.05) is 6.20 Å². The molecular formula is C11H9BrN2O2S. The van der Waals surface area contributed by atoms with Crippen molar-refractivity contribution in [1.82, 2.24) is 4.98 Å². The quantitative estimate of drug-likeness (QED) is 0.947. The molecule has 0 aliphatic rings. The summed E-state index contributed by atoms with van der Waals surface area (Å²) >= 11 is 4.65. The van der Waals surface area contributed by atoms with Crippen LogP contribution < -0.4 is 10.1 Å². The van der Waals surface area contributed by atoms with Crippen LogP contribution in [0.25, 0.3) is 0 Å². The van der Waals surface area contributed by atoms with Crippen LogP contribution in [0.15, 0.2) is 34.2 Å². The fourth-order valence-electron chi connectivity index (χ4n) is 1.27. The fourth-order valence-corrected chi connectivity index (χ4v) is 2.37. The molecule has 1 N–H and O–H groups in total. The van der Waals surface area contributed by atoms with Gasteiger partial charge in [0.2, 0.25) is 0 Å². The molecule has 2 aromatic rings. The van der Waals surface area contributed by atoms with Gasteiger partial charge in [0.1, 0.15) is 16.4 Å². The average molecular weight is 313 g/mol. The first-order valence-electron chi connectivity index (χ1n) is 4.75. The molecule has 6 heteroatoms. The minimum absolute atomic E-state index is 0.226. The maximum Gasteiger partial charge on any atom is 0.270 e. The first kappa shape index (κ1) is 12.1. The van der Waals surface area contributed by atoms with E-state index in [0.29, 0.717) is 16.4 Å². The van der Waals surface area contributed by atoms with E-state index in [1.54, 1.807) is 23.7 Å². The van der Waals surface area contributed by atoms with Crippen molar-refractivity contribution in [3.63, 3.8) is 0 Å². The Morgan fingerprint density at radius 3 is 3.06 bits per heavy atom. The lowest BCUT2D eigenvalue weighted by atomic mass is 10.4. The van der Waals surface area contributed by atoms with E-state index in [1.807, 2.05) is 6.07 Å². The molecule has 17 heavy (non-hydrogen) atoms. The molecule has 0 aliphatic heterocycles. The Hall–Kier alpha value is -1.40. The number of carbonyl (C=O) groups excluding carboxylic acids is 1. The number of halogens is 1. The van der Waals surface area contributed by atoms with Crippen molar-refractivity contribution in [2.45, 2.75) is 0 Å². The molecule has 2 aromatic heterocycles. The number of pyridine rings is 1. The van der Waals surface area contributed by atoms with Gasteiger partial charge in [-0.05, 0) is 39.5 Å². The van der Waals surface area contributed by atoms with E-state index < -0.39 is 0 Å². The number of amides is 1. The smallest absolute Gasteiger partial charge is 0.270 e. The Labute approximate surface area is 111 Å². The van der Waals surface area contributed by atoms with Gasteiger partial charge in [-0.1, -0.05) is 0 Å². The lowest BCUT2D eigenvalue weighted by Gasteiger charge is -2.05. The first-order valence-corrected chi connectivity index (χ1v) is 6.43. The number of rotatable bonds is 3. The normalized spacial score (nSPS) is 10.0. The van der Waals surface area contributed by atoms with Crippen molar-refractivity contribution in [2.75, 3.05) is 12.4 Å². The van der Waals surface area contributed by atoms with Crippen LogP contribution in [0, 0.1) is 0 Å². The minimum Gasteiger partial charge on any atom is -0.495 e. The van der Waals surface area contributed by atoms with E-state index in [0.717, 1.165) is 4.47 Å². The molecule has 2 heterocycles. The summed E-state index contributed by atoms with van der Waals surface area (Å²) in [6.07, 6.45) is 1.62. The zero-order chi connectivity index (χ0) is 12.3. The zero-order valence-corrected chi connectivity index (χ0v) is 11.3. The summed E-state index contributed by atoms with van der Waals surface area (Å²) in [6.45, 7) is 0. The number of anilines is 1. The second kappa shape index (κ2) is 5.29. The third-order valence-corrected chi connectivity index (χ3v) is 3.58. The van der Waals surface area contributed by atoms with Crippen molar-refractivity contribution >= 4 is 39.0 Å². The predicted octanol–water partition coefficient (Wildman–Crippen LogP) is 3.17. The molecule has 0 aliphatic carbocycles. The number of hydrogen-bond acceptors (Lipinski definition) is 4. The largest absolute Gasteiger partial charge is 0.495 e. The summed E-state index contributed by atoms with van der Waals surface area (Å²) in [7, 11) is 1.54. The highest BCUT2D eigenvalue weighted by molar-refractivity contribution is 9.10. The van der Waals surface area contributed by atoms with Gasteiger partial charge in [0.05, 0.1) is 11.6 Å². The van der Waals surface area contributed by atoms with E-state index >= 15 is 0 Å². The number of thiophene rings is 1. The number of ether oxygens (including phenoxy) is 1. The molecule has 0 saturated carbocycles. The minimum atomic E-state index is -0.226. The maximum absolute atomic E-state index is 12.0. The molecule has 0 atom stereocenters. The Bertz CT molecular complexity index is 542. The van der Waals surface area contributed by atoms with Gasteiger partial charge < -0.3 is 10.1 Å². The molecule has 1 amide bonds. The number of methoxy groups -OCH3 is 1. The van der Waals surface area contributed by atoms with E-state index in [1.165, 1.54) is 18.4 Å². The molecule has 0 bridgehead atoms. The van der Waals surface area contributed by atoms with Crippen molar-refractivity contribution in [1.29, 1.82) is 0 Å². The molecule has 0 aromatic carbocycles. The summed E-state index contributed by atoms with van der Waals surface area (Å²) in [4.78, 5) is 16.6. The third kappa shape index (κ3) is 2.65. The molecule has 88 valence electrons. The van der Waals surface area contributed by atoms with Crippen LogP contribution in [0.2, 0.25) is 0 Å². The van der Waals surface area contributed by atoms with Crippen LogP contribution in [0.4, 0.5) is 5.82 Å². The summed E-state index contributed by atoms with van der Waals surface area (Å²) in [6, 6.07) is 5.35. The fraction of sp³-hybridized carbons (Fsp3) is 0.0909. The van der Waals surface area contributed by atoms with Gasteiger partial charge in [-0.25, -0.2) is 4.98 Å². The first-order chi connectivity index (χ1) is 8.22. The molecule has 0 fully saturated rings. The van der Waals surface area contributed by atoms with Gasteiger partial charge in [-0.15, -0.1) is 11.3 Å². The molecular weight excluding hydrogens is 304 g/mol. The topological polar surface area (TPSA) is 51.2 Å². The van der Waals surface area contributed by atoms with E-state index in [9.17, 15) is 4.79 Å². The maximum atomic E-state index is 12.0. The molecule has 0 radical (unpaired) electrons. The highest BCUT2D eigenvalue weighted by Crippen LogP contribution is 2.26. The van der Waals surface area contributed by atoms with Crippen molar-refractivity contribution in [2.24, 2.45) is 0 Å². The third-order valence-electron chi connectivity index (χ3n) is 2.05. The number of aromatic nitrogens is 1. The molecule has 0 spiro atoms. The van der Waals surface area contributed by atoms with Gasteiger partial charge >= 0.3 is 0 Å². The number of nitrogens with one attached hydrogen (secondary N) is 1. The van der Waals surface area contributed by atoms with Crippen LogP contribution in [-0.4, -0.2) is 18.0 Å². The van der Waals surface area contributed by atoms with Crippen LogP contribution in [-0.2, 0) is 0 Å². The SMILES string of the molecule is COc1ccsc1C(=O)Nc1ncccc1Br. The second-order valence-corrected chi connectivity index (χ2v) is 4.88. The Morgan fingerprint density at radius 1 is 1.53 bits per heavy atom. The van der Waals surface area contributed by atoms with Gasteiger partial charge in [-0.2, -0.15) is 0 Å². The average Bonchev–Trinajstić information content (AvgIpc) is 2.80. The van der Waals surface area contributed by atoms with Crippen LogP contribution >= 0.6 is 27.3 Å². The lowest BCUT2D eigenvalue weighted by Crippen LogP contribution is -2.12. The summed E-state index contributed by atoms with van der Waals surface area (Å²) in [5.74, 6) is 0.837. The highest BCUT2D eigenvalue weighted by Gasteiger charge is 2.15. The molecule has 0 unspecified atom stereocenters. The predicted molar refractivity (Wildman–Crippen MR) is 70.8 cm³/mol. The van der Waals surface area contributed by atoms with E-state index in [4.69, 9.17) is 4.74 Å². The highest BCUT2D eigenvalue weighted by atomic mass is 79.9. The molecule has 4 nitrogen and oxygen atoms in total. The van der Waals surface area contributed by atoms with Crippen LogP contribution in [0.3, 0.4) is 0 Å². The number of carbonyl (C=O) groups is 1. The van der Waals surface area contributed by atoms with Crippen molar-refractivity contribution in [3.8, 4) is 5.75 Å². The van der Waals surface area contributed by atoms with Crippen LogP contribution in [0.5, 0.6) is 5.75 Å². The summed E-state index contributed by atoms with van der Waals surface area (Å²) in [5, 5.41) is 4.53. The van der Waals surface area contributed by atoms with Gasteiger partial charge in [-0.3, -0.25) is 4.79 Å². The number of hydrogen-bond donors (Lipinski definition) is 1. The molecule has 2 rings (SSSR count). The van der Waals surface area contributed by atoms with Crippen molar-refractivity contribution in [3.05, 3.63) is 39.1 Å². The monoisotopic (exact) mass is 312 g/mol. The number of nitrogens with zero attached hydrogens (tertiary/aromatic N) is 1. The zero-order valence-electron chi connectivity index (χ0n) is 8.94. The lowest BCUT2D eigenvalue weighted by molar-refractivity contribution is 0.102. The second-order valence-electron chi connectivity index (χ2n) is 3.11. The summed E-state index contributed by atoms with van der Waals surface area (Å²) in [5.41, 5.74) is 0. The van der Waals surface area contributed by atoms with Gasteiger partial charge in [0.15, 0.2) is 0 Å². The van der Waals surface area contributed by atoms with Gasteiger partial charge in [0.25, 0.3) is 5.91 Å². The summed E-state index contributed by atoms with van der Waals surface area (Å²) < 4.78 is 5.83. The molecule has 0 saturated heterocycles. The Balaban J connectivity index is 2.20. The Kier molecular flexibility index (Phi) is 3.75. The van der Waals surface area contributed by atoms with Crippen molar-refractivity contribution < 1.29 is 9.53 Å².